The summed E-state index contributed by atoms with van der Waals surface area (Å²) in [4.78, 5) is 23.7. The Balaban J connectivity index is 1.92. The highest BCUT2D eigenvalue weighted by molar-refractivity contribution is 5.90. The van der Waals surface area contributed by atoms with Gasteiger partial charge < -0.3 is 4.74 Å². The minimum absolute atomic E-state index is 0.0835. The monoisotopic (exact) mass is 237 g/mol. The topological polar surface area (TPSA) is 46.6 Å². The Bertz CT molecular complexity index is 431. The maximum Gasteiger partial charge on any atom is 0.327 e. The third kappa shape index (κ3) is 3.10. The molecule has 0 aliphatic carbocycles. The van der Waals surface area contributed by atoms with E-state index in [0.29, 0.717) is 18.5 Å². The van der Waals surface area contributed by atoms with Crippen LogP contribution in [0.3, 0.4) is 0 Å². The average Bonchev–Trinajstić information content (AvgIpc) is 2.27. The van der Waals surface area contributed by atoms with Crippen LogP contribution in [-0.2, 0) is 20.7 Å². The van der Waals surface area contributed by atoms with Gasteiger partial charge in [0.1, 0.15) is 5.82 Å². The lowest BCUT2D eigenvalue weighted by Crippen LogP contribution is -2.43. The van der Waals surface area contributed by atoms with E-state index in [4.69, 9.17) is 0 Å². The molecule has 0 amide bonds. The Kier molecular flexibility index (Phi) is 3.49. The summed E-state index contributed by atoms with van der Waals surface area (Å²) in [5, 5.41) is 0. The molecule has 90 valence electrons. The molecule has 1 aliphatic rings. The molecule has 0 unspecified atom stereocenters. The standard InChI is InChI=1S/C12H12FNO3/c13-10-4-2-1-3-9(10)5-6-14-7-11(15)17-12(16)8-14/h1-4H,5-8H2. The van der Waals surface area contributed by atoms with E-state index in [-0.39, 0.29) is 18.9 Å². The molecule has 1 aromatic carbocycles. The highest BCUT2D eigenvalue weighted by Crippen LogP contribution is 2.09. The van der Waals surface area contributed by atoms with Crippen LogP contribution in [0.2, 0.25) is 0 Å². The molecule has 0 atom stereocenters. The maximum atomic E-state index is 13.3. The summed E-state index contributed by atoms with van der Waals surface area (Å²) in [6.07, 6.45) is 0.466. The first-order valence-electron chi connectivity index (χ1n) is 5.34. The lowest BCUT2D eigenvalue weighted by atomic mass is 10.1. The van der Waals surface area contributed by atoms with Gasteiger partial charge in [0.15, 0.2) is 0 Å². The highest BCUT2D eigenvalue weighted by Gasteiger charge is 2.24. The second-order valence-corrected chi connectivity index (χ2v) is 3.90. The molecule has 4 nitrogen and oxygen atoms in total. The minimum Gasteiger partial charge on any atom is -0.391 e. The zero-order valence-electron chi connectivity index (χ0n) is 9.19. The first-order valence-corrected chi connectivity index (χ1v) is 5.34. The number of ether oxygens (including phenoxy) is 1. The first kappa shape index (κ1) is 11.7. The molecule has 1 fully saturated rings. The predicted molar refractivity (Wildman–Crippen MR) is 57.6 cm³/mol. The number of hydrogen-bond donors (Lipinski definition) is 0. The molecule has 0 spiro atoms. The number of morpholine rings is 1. The number of carbonyl (C=O) groups is 2. The minimum atomic E-state index is -0.546. The van der Waals surface area contributed by atoms with Gasteiger partial charge in [0.05, 0.1) is 13.1 Å². The van der Waals surface area contributed by atoms with Gasteiger partial charge in [-0.25, -0.2) is 4.39 Å². The number of halogens is 1. The number of carbonyl (C=O) groups excluding carboxylic acids is 2. The summed E-state index contributed by atoms with van der Waals surface area (Å²) in [6.45, 7) is 0.627. The van der Waals surface area contributed by atoms with Crippen molar-refractivity contribution in [1.82, 2.24) is 4.90 Å². The van der Waals surface area contributed by atoms with Crippen molar-refractivity contribution in [2.45, 2.75) is 6.42 Å². The highest BCUT2D eigenvalue weighted by atomic mass is 19.1. The van der Waals surface area contributed by atoms with Gasteiger partial charge in [-0.3, -0.25) is 14.5 Å². The third-order valence-corrected chi connectivity index (χ3v) is 2.59. The average molecular weight is 237 g/mol. The van der Waals surface area contributed by atoms with Crippen molar-refractivity contribution in [3.63, 3.8) is 0 Å². The number of hydrogen-bond acceptors (Lipinski definition) is 4. The van der Waals surface area contributed by atoms with Crippen LogP contribution in [0.25, 0.3) is 0 Å². The number of benzene rings is 1. The van der Waals surface area contributed by atoms with E-state index in [1.807, 2.05) is 0 Å². The number of esters is 2. The van der Waals surface area contributed by atoms with E-state index in [2.05, 4.69) is 4.74 Å². The molecule has 1 saturated heterocycles. The van der Waals surface area contributed by atoms with Gasteiger partial charge in [0.2, 0.25) is 0 Å². The predicted octanol–water partition coefficient (Wildman–Crippen LogP) is 0.754. The zero-order valence-corrected chi connectivity index (χ0v) is 9.19. The molecule has 0 saturated carbocycles. The van der Waals surface area contributed by atoms with E-state index in [1.54, 1.807) is 23.1 Å². The largest absolute Gasteiger partial charge is 0.391 e. The summed E-state index contributed by atoms with van der Waals surface area (Å²) in [5.41, 5.74) is 0.582. The van der Waals surface area contributed by atoms with Gasteiger partial charge in [-0.2, -0.15) is 0 Å². The van der Waals surface area contributed by atoms with Gasteiger partial charge in [0, 0.05) is 6.54 Å². The van der Waals surface area contributed by atoms with Crippen molar-refractivity contribution in [3.05, 3.63) is 35.6 Å². The Hall–Kier alpha value is -1.75. The maximum absolute atomic E-state index is 13.3. The number of cyclic esters (lactones) is 2. The van der Waals surface area contributed by atoms with Crippen molar-refractivity contribution in [2.75, 3.05) is 19.6 Å². The molecule has 1 heterocycles. The smallest absolute Gasteiger partial charge is 0.327 e. The first-order chi connectivity index (χ1) is 8.15. The van der Waals surface area contributed by atoms with Gasteiger partial charge in [-0.1, -0.05) is 18.2 Å². The SMILES string of the molecule is O=C1CN(CCc2ccccc2F)CC(=O)O1. The lowest BCUT2D eigenvalue weighted by molar-refractivity contribution is -0.166. The van der Waals surface area contributed by atoms with Crippen LogP contribution < -0.4 is 0 Å². The van der Waals surface area contributed by atoms with Crippen LogP contribution in [0.1, 0.15) is 5.56 Å². The van der Waals surface area contributed by atoms with Crippen LogP contribution in [0, 0.1) is 5.82 Å². The fourth-order valence-corrected chi connectivity index (χ4v) is 1.75. The summed E-state index contributed by atoms with van der Waals surface area (Å²) in [5.74, 6) is -1.36. The van der Waals surface area contributed by atoms with Crippen LogP contribution >= 0.6 is 0 Å². The van der Waals surface area contributed by atoms with Gasteiger partial charge in [0.25, 0.3) is 0 Å². The van der Waals surface area contributed by atoms with Crippen molar-refractivity contribution in [2.24, 2.45) is 0 Å². The van der Waals surface area contributed by atoms with Crippen LogP contribution in [-0.4, -0.2) is 36.5 Å². The summed E-state index contributed by atoms with van der Waals surface area (Å²) in [7, 11) is 0. The molecular weight excluding hydrogens is 225 g/mol. The lowest BCUT2D eigenvalue weighted by Gasteiger charge is -2.23. The molecular formula is C12H12FNO3. The molecule has 17 heavy (non-hydrogen) atoms. The fourth-order valence-electron chi connectivity index (χ4n) is 1.75. The van der Waals surface area contributed by atoms with E-state index in [1.165, 1.54) is 6.07 Å². The van der Waals surface area contributed by atoms with E-state index >= 15 is 0 Å². The molecule has 0 radical (unpaired) electrons. The van der Waals surface area contributed by atoms with Crippen molar-refractivity contribution < 1.29 is 18.7 Å². The Morgan fingerprint density at radius 2 is 1.82 bits per heavy atom. The van der Waals surface area contributed by atoms with Crippen LogP contribution in [0.4, 0.5) is 4.39 Å². The van der Waals surface area contributed by atoms with Crippen molar-refractivity contribution in [3.8, 4) is 0 Å². The Morgan fingerprint density at radius 1 is 1.18 bits per heavy atom. The third-order valence-electron chi connectivity index (χ3n) is 2.59. The second-order valence-electron chi connectivity index (χ2n) is 3.90. The molecule has 0 N–H and O–H groups in total. The molecule has 5 heteroatoms. The van der Waals surface area contributed by atoms with E-state index < -0.39 is 11.9 Å². The van der Waals surface area contributed by atoms with Gasteiger partial charge >= 0.3 is 11.9 Å². The molecule has 1 aliphatic heterocycles. The molecule has 1 aromatic rings. The van der Waals surface area contributed by atoms with Crippen LogP contribution in [0.5, 0.6) is 0 Å². The van der Waals surface area contributed by atoms with Crippen molar-refractivity contribution in [1.29, 1.82) is 0 Å². The fraction of sp³-hybridized carbons (Fsp3) is 0.333. The van der Waals surface area contributed by atoms with Crippen LogP contribution in [0.15, 0.2) is 24.3 Å². The number of rotatable bonds is 3. The Morgan fingerprint density at radius 3 is 2.47 bits per heavy atom. The zero-order chi connectivity index (χ0) is 12.3. The molecule has 2 rings (SSSR count). The van der Waals surface area contributed by atoms with Crippen molar-refractivity contribution >= 4 is 11.9 Å². The normalized spacial score (nSPS) is 17.0. The molecule has 0 aromatic heterocycles. The Labute approximate surface area is 98.0 Å². The summed E-state index contributed by atoms with van der Waals surface area (Å²) in [6, 6.07) is 6.47. The number of nitrogens with zero attached hydrogens (tertiary/aromatic N) is 1. The summed E-state index contributed by atoms with van der Waals surface area (Å²) < 4.78 is 17.7. The second kappa shape index (κ2) is 5.05. The van der Waals surface area contributed by atoms with Gasteiger partial charge in [-0.05, 0) is 18.1 Å². The van der Waals surface area contributed by atoms with E-state index in [0.717, 1.165) is 0 Å². The molecule has 0 bridgehead atoms. The van der Waals surface area contributed by atoms with Gasteiger partial charge in [-0.15, -0.1) is 0 Å². The quantitative estimate of drug-likeness (QED) is 0.575. The summed E-state index contributed by atoms with van der Waals surface area (Å²) >= 11 is 0. The van der Waals surface area contributed by atoms with E-state index in [9.17, 15) is 14.0 Å².